The summed E-state index contributed by atoms with van der Waals surface area (Å²) in [5.41, 5.74) is -0.134. The van der Waals surface area contributed by atoms with Crippen molar-refractivity contribution in [3.05, 3.63) is 59.7 Å². The van der Waals surface area contributed by atoms with Crippen LogP contribution in [-0.2, 0) is 0 Å². The minimum absolute atomic E-state index is 0.0671. The van der Waals surface area contributed by atoms with Gasteiger partial charge in [0.15, 0.2) is 0 Å². The van der Waals surface area contributed by atoms with Crippen LogP contribution in [0, 0.1) is 0 Å². The lowest BCUT2D eigenvalue weighted by Crippen LogP contribution is -3.14. The normalized spacial score (nSPS) is 9.79. The number of carboxylic acid groups (broad SMARTS) is 2. The van der Waals surface area contributed by atoms with E-state index in [1.165, 1.54) is 47.2 Å². The molecule has 0 saturated heterocycles. The summed E-state index contributed by atoms with van der Waals surface area (Å²) in [7, 11) is 8.73. The highest BCUT2D eigenvalue weighted by Gasteiger charge is 2.06. The maximum atomic E-state index is 10.3. The second-order valence-corrected chi connectivity index (χ2v) is 6.56. The third kappa shape index (κ3) is 10.8. The van der Waals surface area contributed by atoms with Gasteiger partial charge in [0.1, 0.15) is 35.7 Å². The second-order valence-electron chi connectivity index (χ2n) is 6.56. The number of para-hydroxylation sites is 2. The zero-order chi connectivity index (χ0) is 21.7. The molecule has 0 aliphatic heterocycles. The average molecular weight is 394 g/mol. The van der Waals surface area contributed by atoms with E-state index in [0.717, 1.165) is 0 Å². The zero-order valence-electron chi connectivity index (χ0n) is 16.6. The Kier molecular flexibility index (Phi) is 11.7. The number of phenols is 2. The van der Waals surface area contributed by atoms with Gasteiger partial charge in [-0.25, -0.2) is 9.59 Å². The largest absolute Gasteiger partial charge is 0.507 e. The fraction of sp³-hybridized carbons (Fsp3) is 0.300. The van der Waals surface area contributed by atoms with E-state index in [0.29, 0.717) is 0 Å². The van der Waals surface area contributed by atoms with Gasteiger partial charge in [0, 0.05) is 0 Å². The molecule has 0 aromatic heterocycles. The fourth-order valence-electron chi connectivity index (χ4n) is 1.81. The first-order chi connectivity index (χ1) is 13.1. The Balaban J connectivity index is 0.000000394. The minimum Gasteiger partial charge on any atom is -0.507 e. The Morgan fingerprint density at radius 3 is 1.14 bits per heavy atom. The van der Waals surface area contributed by atoms with Crippen LogP contribution in [0.1, 0.15) is 20.7 Å². The van der Waals surface area contributed by atoms with Crippen LogP contribution in [0.15, 0.2) is 48.5 Å². The van der Waals surface area contributed by atoms with Crippen molar-refractivity contribution < 1.29 is 39.8 Å². The molecule has 0 aliphatic carbocycles. The zero-order valence-corrected chi connectivity index (χ0v) is 16.6. The molecule has 0 bridgehead atoms. The summed E-state index contributed by atoms with van der Waals surface area (Å²) in [6.07, 6.45) is 0. The van der Waals surface area contributed by atoms with E-state index in [4.69, 9.17) is 20.4 Å². The lowest BCUT2D eigenvalue weighted by atomic mass is 10.2. The number of carboxylic acids is 2. The molecule has 6 N–H and O–H groups in total. The van der Waals surface area contributed by atoms with Gasteiger partial charge in [0.05, 0.1) is 28.2 Å². The van der Waals surface area contributed by atoms with Gasteiger partial charge >= 0.3 is 11.9 Å². The van der Waals surface area contributed by atoms with Gasteiger partial charge < -0.3 is 30.2 Å². The molecule has 0 radical (unpaired) electrons. The van der Waals surface area contributed by atoms with Crippen molar-refractivity contribution in [3.63, 3.8) is 0 Å². The van der Waals surface area contributed by atoms with E-state index in [-0.39, 0.29) is 22.6 Å². The Morgan fingerprint density at radius 2 is 0.964 bits per heavy atom. The van der Waals surface area contributed by atoms with Gasteiger partial charge in [-0.2, -0.15) is 0 Å². The van der Waals surface area contributed by atoms with Crippen LogP contribution in [0.25, 0.3) is 0 Å². The number of hydrogen-bond donors (Lipinski definition) is 6. The van der Waals surface area contributed by atoms with Gasteiger partial charge in [-0.3, -0.25) is 0 Å². The van der Waals surface area contributed by atoms with Crippen LogP contribution in [-0.4, -0.2) is 73.6 Å². The average Bonchev–Trinajstić information content (AvgIpc) is 2.61. The Bertz CT molecular complexity index is 683. The molecule has 2 aromatic rings. The lowest BCUT2D eigenvalue weighted by molar-refractivity contribution is -0.918. The molecule has 8 nitrogen and oxygen atoms in total. The van der Waals surface area contributed by atoms with E-state index in [2.05, 4.69) is 28.2 Å². The highest BCUT2D eigenvalue weighted by atomic mass is 16.4. The molecule has 0 saturated carbocycles. The van der Waals surface area contributed by atoms with E-state index in [1.807, 2.05) is 0 Å². The SMILES string of the molecule is C[NH+](C)CC[NH+](C)C.O=C(O)c1ccccc1O.O=C(O)c1ccccc1O. The Hall–Kier alpha value is -3.10. The summed E-state index contributed by atoms with van der Waals surface area (Å²) in [6, 6.07) is 11.6. The number of hydrogen-bond acceptors (Lipinski definition) is 4. The maximum absolute atomic E-state index is 10.3. The molecule has 0 unspecified atom stereocenters. The third-order valence-corrected chi connectivity index (χ3v) is 3.39. The number of aromatic hydroxyl groups is 2. The molecule has 2 rings (SSSR count). The van der Waals surface area contributed by atoms with Crippen molar-refractivity contribution in [2.45, 2.75) is 0 Å². The summed E-state index contributed by atoms with van der Waals surface area (Å²) >= 11 is 0. The summed E-state index contributed by atoms with van der Waals surface area (Å²) < 4.78 is 0. The predicted octanol–water partition coefficient (Wildman–Crippen LogP) is -0.544. The predicted molar refractivity (Wildman–Crippen MR) is 105 cm³/mol. The monoisotopic (exact) mass is 394 g/mol. The molecule has 0 spiro atoms. The van der Waals surface area contributed by atoms with Crippen LogP contribution < -0.4 is 9.80 Å². The number of quaternary nitrogens is 2. The molecule has 0 aliphatic rings. The second kappa shape index (κ2) is 13.1. The van der Waals surface area contributed by atoms with Crippen molar-refractivity contribution in [2.75, 3.05) is 41.3 Å². The van der Waals surface area contributed by atoms with E-state index in [9.17, 15) is 9.59 Å². The van der Waals surface area contributed by atoms with Crippen molar-refractivity contribution in [1.29, 1.82) is 0 Å². The van der Waals surface area contributed by atoms with Crippen LogP contribution in [0.3, 0.4) is 0 Å². The molecular formula is C20H30N2O6+2. The third-order valence-electron chi connectivity index (χ3n) is 3.39. The van der Waals surface area contributed by atoms with Crippen LogP contribution >= 0.6 is 0 Å². The van der Waals surface area contributed by atoms with Crippen molar-refractivity contribution in [2.24, 2.45) is 0 Å². The highest BCUT2D eigenvalue weighted by Crippen LogP contribution is 2.15. The number of nitrogens with one attached hydrogen (secondary N) is 2. The summed E-state index contributed by atoms with van der Waals surface area (Å²) in [6.45, 7) is 2.53. The molecular weight excluding hydrogens is 364 g/mol. The van der Waals surface area contributed by atoms with Crippen LogP contribution in [0.4, 0.5) is 0 Å². The number of likely N-dealkylation sites (N-methyl/N-ethyl adjacent to an activating group) is 2. The minimum atomic E-state index is -1.11. The van der Waals surface area contributed by atoms with E-state index >= 15 is 0 Å². The Labute approximate surface area is 164 Å². The van der Waals surface area contributed by atoms with Gasteiger partial charge in [-0.05, 0) is 24.3 Å². The van der Waals surface area contributed by atoms with Gasteiger partial charge in [0.2, 0.25) is 0 Å². The van der Waals surface area contributed by atoms with Gasteiger partial charge in [-0.1, -0.05) is 24.3 Å². The molecule has 2 aromatic carbocycles. The molecule has 0 atom stereocenters. The lowest BCUT2D eigenvalue weighted by Gasteiger charge is -2.09. The quantitative estimate of drug-likeness (QED) is 0.405. The Morgan fingerprint density at radius 1 is 0.679 bits per heavy atom. The van der Waals surface area contributed by atoms with Crippen LogP contribution in [0.5, 0.6) is 11.5 Å². The number of aromatic carboxylic acids is 2. The van der Waals surface area contributed by atoms with E-state index in [1.54, 1.807) is 24.3 Å². The standard InChI is InChI=1S/2C7H6O3.C6H16N2/c2*8-6-4-2-1-3-5(6)7(9)10;1-7(2)5-6-8(3)4/h2*1-4,8H,(H,9,10);5-6H2,1-4H3/p+2. The van der Waals surface area contributed by atoms with E-state index < -0.39 is 11.9 Å². The first-order valence-electron chi connectivity index (χ1n) is 8.66. The van der Waals surface area contributed by atoms with Gasteiger partial charge in [0.25, 0.3) is 0 Å². The van der Waals surface area contributed by atoms with Crippen molar-refractivity contribution in [1.82, 2.24) is 0 Å². The maximum Gasteiger partial charge on any atom is 0.339 e. The molecule has 154 valence electrons. The van der Waals surface area contributed by atoms with Crippen LogP contribution in [0.2, 0.25) is 0 Å². The first-order valence-corrected chi connectivity index (χ1v) is 8.66. The summed E-state index contributed by atoms with van der Waals surface area (Å²) in [5.74, 6) is -2.62. The molecule has 8 heteroatoms. The first kappa shape index (κ1) is 24.9. The highest BCUT2D eigenvalue weighted by molar-refractivity contribution is 5.91. The smallest absolute Gasteiger partial charge is 0.339 e. The fourth-order valence-corrected chi connectivity index (χ4v) is 1.81. The molecule has 0 amide bonds. The van der Waals surface area contributed by atoms with Crippen molar-refractivity contribution >= 4 is 11.9 Å². The summed E-state index contributed by atoms with van der Waals surface area (Å²) in [5, 5.41) is 34.6. The number of benzene rings is 2. The van der Waals surface area contributed by atoms with Crippen molar-refractivity contribution in [3.8, 4) is 11.5 Å². The summed E-state index contributed by atoms with van der Waals surface area (Å²) in [4.78, 5) is 23.6. The topological polar surface area (TPSA) is 124 Å². The number of carbonyl (C=O) groups is 2. The molecule has 0 heterocycles. The molecule has 0 fully saturated rings. The number of rotatable bonds is 5. The van der Waals surface area contributed by atoms with Gasteiger partial charge in [-0.15, -0.1) is 0 Å². The molecule has 28 heavy (non-hydrogen) atoms.